The van der Waals surface area contributed by atoms with Gasteiger partial charge in [0.1, 0.15) is 5.75 Å². The van der Waals surface area contributed by atoms with Gasteiger partial charge in [-0.3, -0.25) is 9.69 Å². The van der Waals surface area contributed by atoms with E-state index < -0.39 is 0 Å². The van der Waals surface area contributed by atoms with Crippen molar-refractivity contribution in [3.05, 3.63) is 42.5 Å². The Bertz CT molecular complexity index is 487. The van der Waals surface area contributed by atoms with E-state index in [1.165, 1.54) is 0 Å². The molecule has 1 heterocycles. The molecule has 1 fully saturated rings. The van der Waals surface area contributed by atoms with Gasteiger partial charge in [0, 0.05) is 32.7 Å². The first kappa shape index (κ1) is 15.6. The second-order valence-electron chi connectivity index (χ2n) is 5.43. The first-order valence-corrected chi connectivity index (χ1v) is 7.49. The van der Waals surface area contributed by atoms with Gasteiger partial charge in [0.15, 0.2) is 6.61 Å². The molecule has 1 aromatic rings. The van der Waals surface area contributed by atoms with Gasteiger partial charge in [0.2, 0.25) is 0 Å². The van der Waals surface area contributed by atoms with E-state index in [9.17, 15) is 4.79 Å². The molecule has 1 aliphatic rings. The molecule has 1 saturated heterocycles. The maximum Gasteiger partial charge on any atom is 0.260 e. The summed E-state index contributed by atoms with van der Waals surface area (Å²) < 4.78 is 5.60. The number of hydrogen-bond donors (Lipinski definition) is 0. The molecule has 0 atom stereocenters. The fourth-order valence-electron chi connectivity index (χ4n) is 2.53. The SMILES string of the molecule is C=CCN1CCCN(C(=O)COc2cccc(C)c2)CC1. The van der Waals surface area contributed by atoms with Crippen molar-refractivity contribution in [3.8, 4) is 5.75 Å². The van der Waals surface area contributed by atoms with Crippen LogP contribution in [0.1, 0.15) is 12.0 Å². The Morgan fingerprint density at radius 2 is 2.19 bits per heavy atom. The molecule has 0 aromatic heterocycles. The number of nitrogens with zero attached hydrogens (tertiary/aromatic N) is 2. The van der Waals surface area contributed by atoms with Gasteiger partial charge in [0.05, 0.1) is 0 Å². The summed E-state index contributed by atoms with van der Waals surface area (Å²) >= 11 is 0. The van der Waals surface area contributed by atoms with Crippen LogP contribution in [0, 0.1) is 6.92 Å². The van der Waals surface area contributed by atoms with Crippen molar-refractivity contribution in [1.82, 2.24) is 9.80 Å². The molecule has 1 amide bonds. The molecule has 0 N–H and O–H groups in total. The van der Waals surface area contributed by atoms with Crippen LogP contribution in [0.2, 0.25) is 0 Å². The summed E-state index contributed by atoms with van der Waals surface area (Å²) in [6.45, 7) is 10.3. The van der Waals surface area contributed by atoms with Crippen LogP contribution in [0.4, 0.5) is 0 Å². The highest BCUT2D eigenvalue weighted by atomic mass is 16.5. The van der Waals surface area contributed by atoms with E-state index in [-0.39, 0.29) is 12.5 Å². The van der Waals surface area contributed by atoms with Gasteiger partial charge in [-0.2, -0.15) is 0 Å². The first-order chi connectivity index (χ1) is 10.2. The zero-order chi connectivity index (χ0) is 15.1. The Hall–Kier alpha value is -1.81. The molecule has 2 rings (SSSR count). The van der Waals surface area contributed by atoms with Crippen LogP contribution in [-0.4, -0.2) is 55.0 Å². The average molecular weight is 288 g/mol. The lowest BCUT2D eigenvalue weighted by molar-refractivity contribution is -0.133. The number of amides is 1. The molecule has 0 aliphatic carbocycles. The summed E-state index contributed by atoms with van der Waals surface area (Å²) in [5, 5.41) is 0. The average Bonchev–Trinajstić information content (AvgIpc) is 2.71. The summed E-state index contributed by atoms with van der Waals surface area (Å²) in [5.41, 5.74) is 1.13. The number of ether oxygens (including phenoxy) is 1. The Balaban J connectivity index is 1.81. The second kappa shape index (κ2) is 7.84. The van der Waals surface area contributed by atoms with Crippen LogP contribution in [0.15, 0.2) is 36.9 Å². The van der Waals surface area contributed by atoms with Crippen molar-refractivity contribution >= 4 is 5.91 Å². The molecule has 4 heteroatoms. The maximum absolute atomic E-state index is 12.2. The van der Waals surface area contributed by atoms with E-state index in [2.05, 4.69) is 11.5 Å². The monoisotopic (exact) mass is 288 g/mol. The highest BCUT2D eigenvalue weighted by molar-refractivity contribution is 5.77. The third kappa shape index (κ3) is 4.90. The van der Waals surface area contributed by atoms with Crippen molar-refractivity contribution in [3.63, 3.8) is 0 Å². The normalized spacial score (nSPS) is 16.3. The molecule has 114 valence electrons. The molecule has 0 saturated carbocycles. The number of aryl methyl sites for hydroxylation is 1. The van der Waals surface area contributed by atoms with Gasteiger partial charge >= 0.3 is 0 Å². The van der Waals surface area contributed by atoms with E-state index in [4.69, 9.17) is 4.74 Å². The predicted octanol–water partition coefficient (Wildman–Crippen LogP) is 2.09. The zero-order valence-corrected chi connectivity index (χ0v) is 12.8. The van der Waals surface area contributed by atoms with Gasteiger partial charge in [-0.05, 0) is 31.0 Å². The Labute approximate surface area is 127 Å². The Morgan fingerprint density at radius 1 is 1.33 bits per heavy atom. The molecule has 21 heavy (non-hydrogen) atoms. The van der Waals surface area contributed by atoms with Crippen LogP contribution in [0.25, 0.3) is 0 Å². The van der Waals surface area contributed by atoms with Gasteiger partial charge < -0.3 is 9.64 Å². The molecule has 0 spiro atoms. The molecular weight excluding hydrogens is 264 g/mol. The lowest BCUT2D eigenvalue weighted by atomic mass is 10.2. The summed E-state index contributed by atoms with van der Waals surface area (Å²) in [6, 6.07) is 7.78. The van der Waals surface area contributed by atoms with Gasteiger partial charge in [-0.15, -0.1) is 6.58 Å². The van der Waals surface area contributed by atoms with Crippen molar-refractivity contribution in [2.24, 2.45) is 0 Å². The lowest BCUT2D eigenvalue weighted by Gasteiger charge is -2.21. The van der Waals surface area contributed by atoms with E-state index >= 15 is 0 Å². The smallest absolute Gasteiger partial charge is 0.260 e. The second-order valence-corrected chi connectivity index (χ2v) is 5.43. The van der Waals surface area contributed by atoms with Crippen LogP contribution < -0.4 is 4.74 Å². The van der Waals surface area contributed by atoms with Crippen LogP contribution in [-0.2, 0) is 4.79 Å². The van der Waals surface area contributed by atoms with E-state index in [1.54, 1.807) is 0 Å². The minimum absolute atomic E-state index is 0.0666. The number of benzene rings is 1. The number of hydrogen-bond acceptors (Lipinski definition) is 3. The Morgan fingerprint density at radius 3 is 2.95 bits per heavy atom. The quantitative estimate of drug-likeness (QED) is 0.778. The summed E-state index contributed by atoms with van der Waals surface area (Å²) in [5.74, 6) is 0.823. The first-order valence-electron chi connectivity index (χ1n) is 7.49. The van der Waals surface area contributed by atoms with Crippen molar-refractivity contribution in [2.75, 3.05) is 39.3 Å². The minimum Gasteiger partial charge on any atom is -0.484 e. The Kier molecular flexibility index (Phi) is 5.81. The molecule has 1 aromatic carbocycles. The van der Waals surface area contributed by atoms with Crippen LogP contribution >= 0.6 is 0 Å². The van der Waals surface area contributed by atoms with Gasteiger partial charge in [-0.25, -0.2) is 0 Å². The van der Waals surface area contributed by atoms with Crippen LogP contribution in [0.5, 0.6) is 5.75 Å². The maximum atomic E-state index is 12.2. The third-order valence-corrected chi connectivity index (χ3v) is 3.68. The van der Waals surface area contributed by atoms with Crippen molar-refractivity contribution < 1.29 is 9.53 Å². The van der Waals surface area contributed by atoms with Crippen molar-refractivity contribution in [2.45, 2.75) is 13.3 Å². The van der Waals surface area contributed by atoms with E-state index in [0.29, 0.717) is 0 Å². The van der Waals surface area contributed by atoms with Gasteiger partial charge in [-0.1, -0.05) is 18.2 Å². The zero-order valence-electron chi connectivity index (χ0n) is 12.8. The van der Waals surface area contributed by atoms with E-state index in [1.807, 2.05) is 42.2 Å². The summed E-state index contributed by atoms with van der Waals surface area (Å²) in [6.07, 6.45) is 2.92. The fraction of sp³-hybridized carbons (Fsp3) is 0.471. The minimum atomic E-state index is 0.0666. The fourth-order valence-corrected chi connectivity index (χ4v) is 2.53. The highest BCUT2D eigenvalue weighted by Gasteiger charge is 2.18. The van der Waals surface area contributed by atoms with E-state index in [0.717, 1.165) is 50.5 Å². The van der Waals surface area contributed by atoms with Crippen molar-refractivity contribution in [1.29, 1.82) is 0 Å². The standard InChI is InChI=1S/C17H24N2O2/c1-3-8-18-9-5-10-19(12-11-18)17(20)14-21-16-7-4-6-15(2)13-16/h3-4,6-7,13H,1,5,8-12,14H2,2H3. The number of carbonyl (C=O) groups is 1. The van der Waals surface area contributed by atoms with Gasteiger partial charge in [0.25, 0.3) is 5.91 Å². The largest absolute Gasteiger partial charge is 0.484 e. The topological polar surface area (TPSA) is 32.8 Å². The number of carbonyl (C=O) groups excluding carboxylic acids is 1. The predicted molar refractivity (Wildman–Crippen MR) is 84.5 cm³/mol. The van der Waals surface area contributed by atoms with Crippen LogP contribution in [0.3, 0.4) is 0 Å². The third-order valence-electron chi connectivity index (χ3n) is 3.68. The molecule has 4 nitrogen and oxygen atoms in total. The summed E-state index contributed by atoms with van der Waals surface area (Å²) in [4.78, 5) is 16.5. The molecule has 0 bridgehead atoms. The number of rotatable bonds is 5. The highest BCUT2D eigenvalue weighted by Crippen LogP contribution is 2.12. The molecular formula is C17H24N2O2. The molecule has 0 radical (unpaired) electrons. The molecule has 0 unspecified atom stereocenters. The lowest BCUT2D eigenvalue weighted by Crippen LogP contribution is -2.38. The summed E-state index contributed by atoms with van der Waals surface area (Å²) in [7, 11) is 0. The molecule has 1 aliphatic heterocycles.